The van der Waals surface area contributed by atoms with Crippen molar-refractivity contribution in [2.45, 2.75) is 31.9 Å². The van der Waals surface area contributed by atoms with Gasteiger partial charge < -0.3 is 10.1 Å². The topological polar surface area (TPSA) is 21.3 Å². The van der Waals surface area contributed by atoms with Gasteiger partial charge in [-0.2, -0.15) is 0 Å². The van der Waals surface area contributed by atoms with Crippen LogP contribution in [0.4, 0.5) is 0 Å². The van der Waals surface area contributed by atoms with E-state index in [-0.39, 0.29) is 0 Å². The van der Waals surface area contributed by atoms with Crippen LogP contribution in [0.1, 0.15) is 20.3 Å². The Morgan fingerprint density at radius 3 is 2.44 bits per heavy atom. The number of hydrogen-bond acceptors (Lipinski definition) is 2. The number of ether oxygens (including phenoxy) is 1. The first kappa shape index (κ1) is 7.03. The molecule has 0 aromatic heterocycles. The molecular weight excluding hydrogens is 114 g/mol. The summed E-state index contributed by atoms with van der Waals surface area (Å²) in [6.45, 7) is 5.40. The zero-order chi connectivity index (χ0) is 6.91. The third-order valence-electron chi connectivity index (χ3n) is 1.88. The first-order valence-corrected chi connectivity index (χ1v) is 3.42. The molecule has 1 atom stereocenters. The first-order valence-electron chi connectivity index (χ1n) is 3.42. The van der Waals surface area contributed by atoms with Crippen molar-refractivity contribution in [2.24, 2.45) is 0 Å². The van der Waals surface area contributed by atoms with Crippen LogP contribution in [0.25, 0.3) is 0 Å². The van der Waals surface area contributed by atoms with Crippen LogP contribution in [0.2, 0.25) is 0 Å². The maximum atomic E-state index is 5.18. The SMILES string of the molecule is COC1CNC(C)(C)C1. The zero-order valence-corrected chi connectivity index (χ0v) is 6.40. The second-order valence-corrected chi connectivity index (χ2v) is 3.33. The summed E-state index contributed by atoms with van der Waals surface area (Å²) in [6, 6.07) is 0. The lowest BCUT2D eigenvalue weighted by Crippen LogP contribution is -2.31. The van der Waals surface area contributed by atoms with E-state index in [1.54, 1.807) is 7.11 Å². The van der Waals surface area contributed by atoms with Gasteiger partial charge in [0.25, 0.3) is 0 Å². The van der Waals surface area contributed by atoms with E-state index in [0.29, 0.717) is 11.6 Å². The molecule has 0 radical (unpaired) electrons. The smallest absolute Gasteiger partial charge is 0.0713 e. The fourth-order valence-electron chi connectivity index (χ4n) is 1.27. The van der Waals surface area contributed by atoms with Gasteiger partial charge >= 0.3 is 0 Å². The highest BCUT2D eigenvalue weighted by molar-refractivity contribution is 4.89. The van der Waals surface area contributed by atoms with Crippen LogP contribution in [0.3, 0.4) is 0 Å². The maximum absolute atomic E-state index is 5.18. The van der Waals surface area contributed by atoms with Crippen molar-refractivity contribution in [3.8, 4) is 0 Å². The summed E-state index contributed by atoms with van der Waals surface area (Å²) in [6.07, 6.45) is 1.56. The van der Waals surface area contributed by atoms with Gasteiger partial charge in [0.15, 0.2) is 0 Å². The minimum Gasteiger partial charge on any atom is -0.380 e. The minimum atomic E-state index is 0.292. The second kappa shape index (κ2) is 2.27. The molecule has 0 spiro atoms. The van der Waals surface area contributed by atoms with Gasteiger partial charge in [-0.1, -0.05) is 0 Å². The third-order valence-corrected chi connectivity index (χ3v) is 1.88. The molecule has 0 aliphatic carbocycles. The van der Waals surface area contributed by atoms with Gasteiger partial charge in [-0.25, -0.2) is 0 Å². The molecule has 0 bridgehead atoms. The Labute approximate surface area is 56.6 Å². The Morgan fingerprint density at radius 1 is 1.56 bits per heavy atom. The van der Waals surface area contributed by atoms with Crippen molar-refractivity contribution in [3.63, 3.8) is 0 Å². The molecule has 0 aromatic carbocycles. The summed E-state index contributed by atoms with van der Waals surface area (Å²) >= 11 is 0. The van der Waals surface area contributed by atoms with Crippen LogP contribution in [0.5, 0.6) is 0 Å². The number of methoxy groups -OCH3 is 1. The number of hydrogen-bond donors (Lipinski definition) is 1. The predicted molar refractivity (Wildman–Crippen MR) is 37.5 cm³/mol. The average Bonchev–Trinajstić information content (AvgIpc) is 2.10. The Morgan fingerprint density at radius 2 is 2.22 bits per heavy atom. The molecule has 1 unspecified atom stereocenters. The van der Waals surface area contributed by atoms with Gasteiger partial charge in [0.1, 0.15) is 0 Å². The van der Waals surface area contributed by atoms with Crippen LogP contribution in [0, 0.1) is 0 Å². The van der Waals surface area contributed by atoms with E-state index in [0.717, 1.165) is 13.0 Å². The molecule has 0 aromatic rings. The lowest BCUT2D eigenvalue weighted by Gasteiger charge is -2.16. The summed E-state index contributed by atoms with van der Waals surface area (Å²) < 4.78 is 5.18. The van der Waals surface area contributed by atoms with E-state index in [1.165, 1.54) is 0 Å². The van der Waals surface area contributed by atoms with Crippen molar-refractivity contribution >= 4 is 0 Å². The largest absolute Gasteiger partial charge is 0.380 e. The highest BCUT2D eigenvalue weighted by Crippen LogP contribution is 2.19. The summed E-state index contributed by atoms with van der Waals surface area (Å²) in [5.41, 5.74) is 0.292. The molecule has 9 heavy (non-hydrogen) atoms. The first-order chi connectivity index (χ1) is 4.14. The molecule has 1 rings (SSSR count). The van der Waals surface area contributed by atoms with Crippen LogP contribution in [-0.2, 0) is 4.74 Å². The Hall–Kier alpha value is -0.0800. The standard InChI is InChI=1S/C7H15NO/c1-7(2)4-6(9-3)5-8-7/h6,8H,4-5H2,1-3H3. The molecular formula is C7H15NO. The number of nitrogens with one attached hydrogen (secondary N) is 1. The van der Waals surface area contributed by atoms with Crippen LogP contribution in [-0.4, -0.2) is 25.3 Å². The molecule has 1 fully saturated rings. The summed E-state index contributed by atoms with van der Waals surface area (Å²) in [7, 11) is 1.77. The van der Waals surface area contributed by atoms with E-state index >= 15 is 0 Å². The zero-order valence-electron chi connectivity index (χ0n) is 6.40. The minimum absolute atomic E-state index is 0.292. The van der Waals surface area contributed by atoms with E-state index < -0.39 is 0 Å². The highest BCUT2D eigenvalue weighted by Gasteiger charge is 2.29. The molecule has 0 amide bonds. The van der Waals surface area contributed by atoms with E-state index in [4.69, 9.17) is 4.74 Å². The fraction of sp³-hybridized carbons (Fsp3) is 1.00. The van der Waals surface area contributed by atoms with Gasteiger partial charge in [0, 0.05) is 19.2 Å². The van der Waals surface area contributed by atoms with Crippen LogP contribution < -0.4 is 5.32 Å². The quantitative estimate of drug-likeness (QED) is 0.564. The molecule has 1 aliphatic heterocycles. The van der Waals surface area contributed by atoms with Gasteiger partial charge in [0.2, 0.25) is 0 Å². The van der Waals surface area contributed by atoms with Crippen LogP contribution >= 0.6 is 0 Å². The lowest BCUT2D eigenvalue weighted by molar-refractivity contribution is 0.114. The average molecular weight is 129 g/mol. The van der Waals surface area contributed by atoms with Crippen molar-refractivity contribution in [3.05, 3.63) is 0 Å². The monoisotopic (exact) mass is 129 g/mol. The molecule has 54 valence electrons. The van der Waals surface area contributed by atoms with Crippen molar-refractivity contribution in [2.75, 3.05) is 13.7 Å². The van der Waals surface area contributed by atoms with Crippen molar-refractivity contribution < 1.29 is 4.74 Å². The molecule has 1 N–H and O–H groups in total. The Kier molecular flexibility index (Phi) is 1.78. The third kappa shape index (κ3) is 1.66. The second-order valence-electron chi connectivity index (χ2n) is 3.33. The van der Waals surface area contributed by atoms with E-state index in [2.05, 4.69) is 19.2 Å². The fourth-order valence-corrected chi connectivity index (χ4v) is 1.27. The van der Waals surface area contributed by atoms with Gasteiger partial charge in [0.05, 0.1) is 6.10 Å². The van der Waals surface area contributed by atoms with Crippen LogP contribution in [0.15, 0.2) is 0 Å². The van der Waals surface area contributed by atoms with E-state index in [9.17, 15) is 0 Å². The molecule has 1 heterocycles. The maximum Gasteiger partial charge on any atom is 0.0713 e. The van der Waals surface area contributed by atoms with Gasteiger partial charge in [-0.15, -0.1) is 0 Å². The Bertz CT molecular complexity index is 101. The summed E-state index contributed by atoms with van der Waals surface area (Å²) in [5, 5.41) is 3.37. The van der Waals surface area contributed by atoms with Gasteiger partial charge in [-0.3, -0.25) is 0 Å². The van der Waals surface area contributed by atoms with Crippen molar-refractivity contribution in [1.29, 1.82) is 0 Å². The molecule has 2 heteroatoms. The lowest BCUT2D eigenvalue weighted by atomic mass is 10.0. The normalized spacial score (nSPS) is 33.0. The highest BCUT2D eigenvalue weighted by atomic mass is 16.5. The van der Waals surface area contributed by atoms with E-state index in [1.807, 2.05) is 0 Å². The molecule has 0 saturated carbocycles. The Balaban J connectivity index is 2.38. The molecule has 1 saturated heterocycles. The van der Waals surface area contributed by atoms with Gasteiger partial charge in [-0.05, 0) is 20.3 Å². The summed E-state index contributed by atoms with van der Waals surface area (Å²) in [5.74, 6) is 0. The molecule has 2 nitrogen and oxygen atoms in total. The molecule has 1 aliphatic rings. The van der Waals surface area contributed by atoms with Crippen molar-refractivity contribution in [1.82, 2.24) is 5.32 Å². The number of rotatable bonds is 1. The summed E-state index contributed by atoms with van der Waals surface area (Å²) in [4.78, 5) is 0. The predicted octanol–water partition coefficient (Wildman–Crippen LogP) is 0.773.